The monoisotopic (exact) mass is 374 g/mol. The minimum atomic E-state index is -0.471. The number of benzene rings is 1. The number of likely N-dealkylation sites (tertiary alicyclic amines) is 1. The topological polar surface area (TPSA) is 89.8 Å². The molecule has 0 saturated carbocycles. The summed E-state index contributed by atoms with van der Waals surface area (Å²) < 4.78 is 5.37. The van der Waals surface area contributed by atoms with Crippen molar-refractivity contribution in [3.8, 4) is 5.75 Å². The molecule has 1 saturated heterocycles. The lowest BCUT2D eigenvalue weighted by atomic mass is 9.97. The summed E-state index contributed by atoms with van der Waals surface area (Å²) in [6, 6.07) is 7.89. The van der Waals surface area contributed by atoms with Crippen LogP contribution in [0.15, 0.2) is 35.7 Å². The molecule has 1 amide bonds. The smallest absolute Gasteiger partial charge is 0.314 e. The summed E-state index contributed by atoms with van der Waals surface area (Å²) in [7, 11) is 0. The number of rotatable bonds is 4. The van der Waals surface area contributed by atoms with E-state index in [9.17, 15) is 19.7 Å². The van der Waals surface area contributed by atoms with Crippen LogP contribution in [0.2, 0.25) is 0 Å². The van der Waals surface area contributed by atoms with E-state index in [1.807, 2.05) is 11.4 Å². The van der Waals surface area contributed by atoms with Crippen molar-refractivity contribution in [2.45, 2.75) is 19.8 Å². The van der Waals surface area contributed by atoms with Crippen molar-refractivity contribution in [1.82, 2.24) is 4.90 Å². The number of carbonyl (C=O) groups excluding carboxylic acids is 2. The Bertz CT molecular complexity index is 826. The molecule has 0 spiro atoms. The molecule has 136 valence electrons. The van der Waals surface area contributed by atoms with Gasteiger partial charge in [0.05, 0.1) is 15.7 Å². The number of piperidine rings is 1. The number of amides is 1. The lowest BCUT2D eigenvalue weighted by Crippen LogP contribution is -2.40. The summed E-state index contributed by atoms with van der Waals surface area (Å²) in [6.45, 7) is 2.62. The van der Waals surface area contributed by atoms with Crippen LogP contribution in [-0.4, -0.2) is 34.8 Å². The third-order valence-corrected chi connectivity index (χ3v) is 5.29. The molecule has 1 aromatic carbocycles. The van der Waals surface area contributed by atoms with Gasteiger partial charge in [0.15, 0.2) is 0 Å². The van der Waals surface area contributed by atoms with Crippen LogP contribution in [0, 0.1) is 23.0 Å². The van der Waals surface area contributed by atoms with Crippen molar-refractivity contribution in [2.75, 3.05) is 13.1 Å². The van der Waals surface area contributed by atoms with Gasteiger partial charge >= 0.3 is 5.97 Å². The molecule has 1 aliphatic rings. The maximum Gasteiger partial charge on any atom is 0.314 e. The second-order valence-electron chi connectivity index (χ2n) is 6.17. The zero-order chi connectivity index (χ0) is 18.7. The Kier molecular flexibility index (Phi) is 5.32. The SMILES string of the molecule is Cc1cc(OC(=O)C2CCN(C(=O)c3cccs3)CC2)ccc1[N+](=O)[O-]. The fourth-order valence-corrected chi connectivity index (χ4v) is 3.66. The van der Waals surface area contributed by atoms with Crippen LogP contribution in [0.25, 0.3) is 0 Å². The molecule has 1 aliphatic heterocycles. The number of nitrogens with zero attached hydrogens (tertiary/aromatic N) is 2. The highest BCUT2D eigenvalue weighted by Crippen LogP contribution is 2.26. The number of carbonyl (C=O) groups is 2. The summed E-state index contributed by atoms with van der Waals surface area (Å²) in [5, 5.41) is 12.7. The highest BCUT2D eigenvalue weighted by molar-refractivity contribution is 7.12. The first-order chi connectivity index (χ1) is 12.5. The van der Waals surface area contributed by atoms with Crippen LogP contribution in [0.5, 0.6) is 5.75 Å². The second kappa shape index (κ2) is 7.65. The van der Waals surface area contributed by atoms with E-state index in [1.165, 1.54) is 29.5 Å². The van der Waals surface area contributed by atoms with E-state index < -0.39 is 4.92 Å². The van der Waals surface area contributed by atoms with E-state index in [0.717, 1.165) is 0 Å². The first-order valence-electron chi connectivity index (χ1n) is 8.25. The molecule has 2 aromatic rings. The standard InChI is InChI=1S/C18H18N2O5S/c1-12-11-14(4-5-15(12)20(23)24)25-18(22)13-6-8-19(9-7-13)17(21)16-3-2-10-26-16/h2-5,10-11,13H,6-9H2,1H3. The van der Waals surface area contributed by atoms with E-state index in [1.54, 1.807) is 17.9 Å². The summed E-state index contributed by atoms with van der Waals surface area (Å²) in [5.41, 5.74) is 0.432. The van der Waals surface area contributed by atoms with Gasteiger partial charge in [0.1, 0.15) is 5.75 Å². The largest absolute Gasteiger partial charge is 0.426 e. The molecular weight excluding hydrogens is 356 g/mol. The maximum atomic E-state index is 12.3. The third-order valence-electron chi connectivity index (χ3n) is 4.43. The lowest BCUT2D eigenvalue weighted by molar-refractivity contribution is -0.385. The molecule has 1 aromatic heterocycles. The molecule has 26 heavy (non-hydrogen) atoms. The summed E-state index contributed by atoms with van der Waals surface area (Å²) in [5.74, 6) is -0.340. The fraction of sp³-hybridized carbons (Fsp3) is 0.333. The first kappa shape index (κ1) is 18.1. The van der Waals surface area contributed by atoms with Crippen LogP contribution in [0.1, 0.15) is 28.1 Å². The molecule has 1 fully saturated rings. The molecule has 0 bridgehead atoms. The molecule has 0 unspecified atom stereocenters. The molecular formula is C18H18N2O5S. The Labute approximate surface area is 154 Å². The maximum absolute atomic E-state index is 12.3. The van der Waals surface area contributed by atoms with Crippen molar-refractivity contribution in [3.63, 3.8) is 0 Å². The number of nitro benzene ring substituents is 1. The molecule has 3 rings (SSSR count). The van der Waals surface area contributed by atoms with Gasteiger partial charge in [0.2, 0.25) is 0 Å². The molecule has 8 heteroatoms. The molecule has 0 radical (unpaired) electrons. The molecule has 0 atom stereocenters. The Balaban J connectivity index is 1.56. The molecule has 0 aliphatic carbocycles. The van der Waals surface area contributed by atoms with Crippen LogP contribution in [-0.2, 0) is 4.79 Å². The quantitative estimate of drug-likeness (QED) is 0.354. The van der Waals surface area contributed by atoms with Gasteiger partial charge in [0, 0.05) is 24.7 Å². The average molecular weight is 374 g/mol. The zero-order valence-electron chi connectivity index (χ0n) is 14.2. The van der Waals surface area contributed by atoms with Gasteiger partial charge in [-0.05, 0) is 43.3 Å². The van der Waals surface area contributed by atoms with Crippen molar-refractivity contribution in [1.29, 1.82) is 0 Å². The van der Waals surface area contributed by atoms with E-state index in [-0.39, 0.29) is 23.5 Å². The number of aryl methyl sites for hydroxylation is 1. The van der Waals surface area contributed by atoms with E-state index in [2.05, 4.69) is 0 Å². The van der Waals surface area contributed by atoms with Gasteiger partial charge in [-0.25, -0.2) is 0 Å². The van der Waals surface area contributed by atoms with Gasteiger partial charge in [-0.2, -0.15) is 0 Å². The van der Waals surface area contributed by atoms with Crippen LogP contribution in [0.3, 0.4) is 0 Å². The van der Waals surface area contributed by atoms with Crippen LogP contribution in [0.4, 0.5) is 5.69 Å². The van der Waals surface area contributed by atoms with Crippen molar-refractivity contribution in [2.24, 2.45) is 5.92 Å². The molecule has 0 N–H and O–H groups in total. The Morgan fingerprint density at radius 1 is 1.27 bits per heavy atom. The summed E-state index contributed by atoms with van der Waals surface area (Å²) in [4.78, 5) is 37.5. The molecule has 2 heterocycles. The highest BCUT2D eigenvalue weighted by Gasteiger charge is 2.29. The van der Waals surface area contributed by atoms with Gasteiger partial charge < -0.3 is 9.64 Å². The van der Waals surface area contributed by atoms with Crippen molar-refractivity contribution < 1.29 is 19.2 Å². The summed E-state index contributed by atoms with van der Waals surface area (Å²) >= 11 is 1.41. The number of ether oxygens (including phenoxy) is 1. The Morgan fingerprint density at radius 3 is 2.58 bits per heavy atom. The predicted octanol–water partition coefficient (Wildman–Crippen LogP) is 3.42. The second-order valence-corrected chi connectivity index (χ2v) is 7.12. The fourth-order valence-electron chi connectivity index (χ4n) is 2.97. The third kappa shape index (κ3) is 3.91. The zero-order valence-corrected chi connectivity index (χ0v) is 15.0. The predicted molar refractivity (Wildman–Crippen MR) is 96.4 cm³/mol. The Hall–Kier alpha value is -2.74. The Morgan fingerprint density at radius 2 is 2.00 bits per heavy atom. The van der Waals surface area contributed by atoms with Crippen molar-refractivity contribution >= 4 is 28.9 Å². The van der Waals surface area contributed by atoms with E-state index in [0.29, 0.717) is 42.1 Å². The van der Waals surface area contributed by atoms with Crippen molar-refractivity contribution in [3.05, 3.63) is 56.3 Å². The van der Waals surface area contributed by atoms with Gasteiger partial charge in [-0.1, -0.05) is 6.07 Å². The number of hydrogen-bond acceptors (Lipinski definition) is 6. The normalized spacial score (nSPS) is 14.9. The van der Waals surface area contributed by atoms with Gasteiger partial charge in [0.25, 0.3) is 11.6 Å². The number of nitro groups is 1. The van der Waals surface area contributed by atoms with Crippen LogP contribution < -0.4 is 4.74 Å². The molecule has 7 nitrogen and oxygen atoms in total. The van der Waals surface area contributed by atoms with E-state index in [4.69, 9.17) is 4.74 Å². The average Bonchev–Trinajstić information content (AvgIpc) is 3.15. The van der Waals surface area contributed by atoms with Gasteiger partial charge in [-0.3, -0.25) is 19.7 Å². The minimum Gasteiger partial charge on any atom is -0.426 e. The minimum absolute atomic E-state index is 0.00203. The number of hydrogen-bond donors (Lipinski definition) is 0. The summed E-state index contributed by atoms with van der Waals surface area (Å²) in [6.07, 6.45) is 1.09. The van der Waals surface area contributed by atoms with Crippen LogP contribution >= 0.6 is 11.3 Å². The number of thiophene rings is 1. The lowest BCUT2D eigenvalue weighted by Gasteiger charge is -2.30. The van der Waals surface area contributed by atoms with E-state index >= 15 is 0 Å². The van der Waals surface area contributed by atoms with Gasteiger partial charge in [-0.15, -0.1) is 11.3 Å². The number of esters is 1. The first-order valence-corrected chi connectivity index (χ1v) is 9.13. The highest BCUT2D eigenvalue weighted by atomic mass is 32.1.